The van der Waals surface area contributed by atoms with E-state index in [0.717, 1.165) is 13.1 Å². The predicted octanol–water partition coefficient (Wildman–Crippen LogP) is -0.344. The first-order valence-corrected chi connectivity index (χ1v) is 10.8. The van der Waals surface area contributed by atoms with Crippen molar-refractivity contribution < 1.29 is 43.1 Å². The van der Waals surface area contributed by atoms with Gasteiger partial charge in [0.2, 0.25) is 0 Å². The van der Waals surface area contributed by atoms with Crippen LogP contribution in [0.4, 0.5) is 0 Å². The molecule has 0 N–H and O–H groups in total. The minimum atomic E-state index is 0. The number of hydrogen-bond acceptors (Lipinski definition) is 0. The van der Waals surface area contributed by atoms with Crippen molar-refractivity contribution in [3.05, 3.63) is 83.5 Å². The van der Waals surface area contributed by atoms with E-state index < -0.39 is 0 Å². The third-order valence-electron chi connectivity index (χ3n) is 5.45. The van der Waals surface area contributed by atoms with Crippen molar-refractivity contribution in [2.24, 2.45) is 0 Å². The first-order chi connectivity index (χ1) is 13.6. The normalized spacial score (nSPS) is 10.9. The second-order valence-electron chi connectivity index (χ2n) is 7.95. The van der Waals surface area contributed by atoms with Crippen molar-refractivity contribution in [1.82, 2.24) is 0 Å². The highest BCUT2D eigenvalue weighted by Crippen LogP contribution is 2.04. The summed E-state index contributed by atoms with van der Waals surface area (Å²) >= 11 is 0. The molecule has 0 aromatic carbocycles. The molecule has 30 heavy (non-hydrogen) atoms. The van der Waals surface area contributed by atoms with E-state index in [1.807, 2.05) is 0 Å². The maximum Gasteiger partial charge on any atom is 0.171 e. The summed E-state index contributed by atoms with van der Waals surface area (Å²) in [5.74, 6) is 0. The number of aromatic nitrogens is 2. The zero-order valence-corrected chi connectivity index (χ0v) is 22.3. The van der Waals surface area contributed by atoms with Gasteiger partial charge >= 0.3 is 0 Å². The molecule has 0 bridgehead atoms. The Bertz CT molecular complexity index is 730. The van der Waals surface area contributed by atoms with Gasteiger partial charge in [0.15, 0.2) is 24.8 Å². The van der Waals surface area contributed by atoms with Gasteiger partial charge < -0.3 is 34.0 Å². The molecule has 2 rings (SSSR count). The molecular weight excluding hydrogens is 500 g/mol. The van der Waals surface area contributed by atoms with Crippen LogP contribution in [0.25, 0.3) is 0 Å². The van der Waals surface area contributed by atoms with Crippen molar-refractivity contribution in [2.75, 3.05) is 0 Å². The summed E-state index contributed by atoms with van der Waals surface area (Å²) in [6.07, 6.45) is 25.2. The molecule has 2 aromatic rings. The van der Waals surface area contributed by atoms with Gasteiger partial charge in [-0.15, -0.1) is 0 Å². The Balaban J connectivity index is 0.00000420. The van der Waals surface area contributed by atoms with Gasteiger partial charge in [0.25, 0.3) is 0 Å². The van der Waals surface area contributed by atoms with Crippen LogP contribution in [0.15, 0.2) is 61.2 Å². The number of allylic oxidation sites excluding steroid dienone is 4. The fourth-order valence-electron chi connectivity index (χ4n) is 3.21. The fourth-order valence-corrected chi connectivity index (χ4v) is 3.21. The predicted molar refractivity (Wildman–Crippen MR) is 118 cm³/mol. The van der Waals surface area contributed by atoms with Crippen molar-refractivity contribution in [2.45, 2.75) is 79.3 Å². The number of rotatable bonds is 11. The molecule has 4 heteroatoms. The molecule has 0 unspecified atom stereocenters. The summed E-state index contributed by atoms with van der Waals surface area (Å²) in [7, 11) is 0. The Hall–Kier alpha value is -1.26. The monoisotopic (exact) mass is 536 g/mol. The first kappa shape index (κ1) is 28.7. The average Bonchev–Trinajstić information content (AvgIpc) is 2.68. The zero-order valence-electron chi connectivity index (χ0n) is 19.1. The largest absolute Gasteiger partial charge is 1.00 e. The molecule has 2 nitrogen and oxygen atoms in total. The van der Waals surface area contributed by atoms with Gasteiger partial charge in [-0.05, 0) is 64.5 Å². The van der Waals surface area contributed by atoms with E-state index >= 15 is 0 Å². The molecule has 0 amide bonds. The van der Waals surface area contributed by atoms with Gasteiger partial charge in [-0.3, -0.25) is 0 Å². The Kier molecular flexibility index (Phi) is 15.7. The molecule has 2 heterocycles. The SMILES string of the molecule is Cc1cc[n+](CCCCC=CC=CCCCC[n+]2ccc(C)c(C)c2)cc1C.[Br-].[Br-]. The van der Waals surface area contributed by atoms with Crippen LogP contribution in [-0.4, -0.2) is 0 Å². The highest BCUT2D eigenvalue weighted by atomic mass is 79.9. The number of hydrogen-bond donors (Lipinski definition) is 0. The minimum absolute atomic E-state index is 0. The van der Waals surface area contributed by atoms with Gasteiger partial charge in [0.1, 0.15) is 13.1 Å². The third-order valence-corrected chi connectivity index (χ3v) is 5.45. The summed E-state index contributed by atoms with van der Waals surface area (Å²) in [5, 5.41) is 0. The minimum Gasteiger partial charge on any atom is -1.00 e. The lowest BCUT2D eigenvalue weighted by atomic mass is 10.1. The van der Waals surface area contributed by atoms with Crippen LogP contribution in [0.5, 0.6) is 0 Å². The molecule has 0 atom stereocenters. The van der Waals surface area contributed by atoms with E-state index in [1.165, 1.54) is 60.8 Å². The van der Waals surface area contributed by atoms with E-state index in [2.05, 4.69) is 98.1 Å². The number of nitrogens with zero attached hydrogens (tertiary/aromatic N) is 2. The molecule has 0 aliphatic heterocycles. The van der Waals surface area contributed by atoms with Crippen molar-refractivity contribution in [3.63, 3.8) is 0 Å². The Morgan fingerprint density at radius 3 is 1.37 bits per heavy atom. The maximum absolute atomic E-state index is 2.31. The summed E-state index contributed by atoms with van der Waals surface area (Å²) in [6, 6.07) is 4.42. The number of unbranched alkanes of at least 4 members (excludes halogenated alkanes) is 4. The highest BCUT2D eigenvalue weighted by Gasteiger charge is 2.03. The zero-order chi connectivity index (χ0) is 20.2. The Morgan fingerprint density at radius 2 is 1.00 bits per heavy atom. The van der Waals surface area contributed by atoms with E-state index in [-0.39, 0.29) is 34.0 Å². The second-order valence-corrected chi connectivity index (χ2v) is 7.95. The molecule has 0 radical (unpaired) electrons. The fraction of sp³-hybridized carbons (Fsp3) is 0.462. The Morgan fingerprint density at radius 1 is 0.600 bits per heavy atom. The molecule has 0 spiro atoms. The van der Waals surface area contributed by atoms with Crippen LogP contribution in [0.2, 0.25) is 0 Å². The summed E-state index contributed by atoms with van der Waals surface area (Å²) < 4.78 is 4.62. The van der Waals surface area contributed by atoms with Crippen molar-refractivity contribution >= 4 is 0 Å². The maximum atomic E-state index is 2.31. The highest BCUT2D eigenvalue weighted by molar-refractivity contribution is 5.17. The van der Waals surface area contributed by atoms with Crippen LogP contribution < -0.4 is 43.1 Å². The van der Waals surface area contributed by atoms with Crippen LogP contribution in [0.3, 0.4) is 0 Å². The molecular formula is C26H38Br2N2. The first-order valence-electron chi connectivity index (χ1n) is 10.8. The molecule has 0 aliphatic carbocycles. The van der Waals surface area contributed by atoms with Crippen molar-refractivity contribution in [3.8, 4) is 0 Å². The topological polar surface area (TPSA) is 7.76 Å². The van der Waals surface area contributed by atoms with Crippen LogP contribution in [0.1, 0.15) is 60.8 Å². The molecule has 0 saturated carbocycles. The van der Waals surface area contributed by atoms with Crippen LogP contribution in [0, 0.1) is 27.7 Å². The average molecular weight is 538 g/mol. The Labute approximate surface area is 205 Å². The van der Waals surface area contributed by atoms with Gasteiger partial charge in [0, 0.05) is 36.1 Å². The molecule has 0 fully saturated rings. The number of aryl methyl sites for hydroxylation is 6. The quantitative estimate of drug-likeness (QED) is 0.210. The summed E-state index contributed by atoms with van der Waals surface area (Å²) in [4.78, 5) is 0. The summed E-state index contributed by atoms with van der Waals surface area (Å²) in [6.45, 7) is 10.9. The lowest BCUT2D eigenvalue weighted by Crippen LogP contribution is -3.00. The second kappa shape index (κ2) is 16.4. The van der Waals surface area contributed by atoms with E-state index in [9.17, 15) is 0 Å². The molecule has 2 aromatic heterocycles. The molecule has 166 valence electrons. The smallest absolute Gasteiger partial charge is 0.171 e. The van der Waals surface area contributed by atoms with Crippen LogP contribution in [-0.2, 0) is 13.1 Å². The molecule has 0 aliphatic rings. The van der Waals surface area contributed by atoms with E-state index in [4.69, 9.17) is 0 Å². The molecule has 0 saturated heterocycles. The lowest BCUT2D eigenvalue weighted by Gasteiger charge is -2.00. The van der Waals surface area contributed by atoms with E-state index in [0.29, 0.717) is 0 Å². The summed E-state index contributed by atoms with van der Waals surface area (Å²) in [5.41, 5.74) is 5.49. The van der Waals surface area contributed by atoms with Crippen molar-refractivity contribution in [1.29, 1.82) is 0 Å². The number of pyridine rings is 2. The van der Waals surface area contributed by atoms with E-state index in [1.54, 1.807) is 0 Å². The van der Waals surface area contributed by atoms with Crippen LogP contribution >= 0.6 is 0 Å². The van der Waals surface area contributed by atoms with Gasteiger partial charge in [-0.2, -0.15) is 0 Å². The van der Waals surface area contributed by atoms with Gasteiger partial charge in [-0.25, -0.2) is 9.13 Å². The lowest BCUT2D eigenvalue weighted by molar-refractivity contribution is -0.697. The third kappa shape index (κ3) is 11.2. The van der Waals surface area contributed by atoms with Gasteiger partial charge in [0.05, 0.1) is 0 Å². The number of halogens is 2. The van der Waals surface area contributed by atoms with Gasteiger partial charge in [-0.1, -0.05) is 24.3 Å². The standard InChI is InChI=1S/C26H38N2.2BrH/c1-23-15-19-27(21-25(23)3)17-13-11-9-7-5-6-8-10-12-14-18-28-20-16-24(2)26(4)22-28;;/h5-8,15-16,19-22H,9-14,17-18H2,1-4H3;2*1H/q+2;;/p-2.